The van der Waals surface area contributed by atoms with Gasteiger partial charge in [-0.1, -0.05) is 30.3 Å². The van der Waals surface area contributed by atoms with Crippen molar-refractivity contribution in [2.45, 2.75) is 13.5 Å². The summed E-state index contributed by atoms with van der Waals surface area (Å²) in [6.45, 7) is 2.71. The average Bonchev–Trinajstić information content (AvgIpc) is 3.17. The third-order valence-corrected chi connectivity index (χ3v) is 4.88. The van der Waals surface area contributed by atoms with Crippen molar-refractivity contribution in [2.75, 3.05) is 12.4 Å². The average molecular weight is 370 g/mol. The van der Waals surface area contributed by atoms with E-state index in [1.54, 1.807) is 7.05 Å². The summed E-state index contributed by atoms with van der Waals surface area (Å²) in [5.41, 5.74) is 7.04. The van der Waals surface area contributed by atoms with E-state index in [2.05, 4.69) is 50.5 Å². The van der Waals surface area contributed by atoms with Crippen LogP contribution in [0.4, 0.5) is 5.69 Å². The van der Waals surface area contributed by atoms with Crippen molar-refractivity contribution < 1.29 is 4.79 Å². The molecule has 28 heavy (non-hydrogen) atoms. The largest absolute Gasteiger partial charge is 0.381 e. The molecule has 0 atom stereocenters. The molecule has 0 aliphatic heterocycles. The zero-order valence-electron chi connectivity index (χ0n) is 15.9. The lowest BCUT2D eigenvalue weighted by atomic mass is 10.1. The summed E-state index contributed by atoms with van der Waals surface area (Å²) in [6.07, 6.45) is 1.85. The number of carbonyl (C=O) groups is 1. The van der Waals surface area contributed by atoms with Crippen molar-refractivity contribution in [1.82, 2.24) is 14.9 Å². The summed E-state index contributed by atoms with van der Waals surface area (Å²) in [6, 6.07) is 22.2. The number of hydrogen-bond acceptors (Lipinski definition) is 3. The Kier molecular flexibility index (Phi) is 4.81. The van der Waals surface area contributed by atoms with Gasteiger partial charge in [0.2, 0.25) is 0 Å². The minimum Gasteiger partial charge on any atom is -0.381 e. The van der Waals surface area contributed by atoms with Crippen molar-refractivity contribution in [3.8, 4) is 5.69 Å². The van der Waals surface area contributed by atoms with Crippen LogP contribution >= 0.6 is 0 Å². The van der Waals surface area contributed by atoms with Gasteiger partial charge in [0.15, 0.2) is 0 Å². The van der Waals surface area contributed by atoms with Gasteiger partial charge in [-0.2, -0.15) is 0 Å². The monoisotopic (exact) mass is 370 g/mol. The van der Waals surface area contributed by atoms with Gasteiger partial charge in [0.05, 0.1) is 11.0 Å². The van der Waals surface area contributed by atoms with Crippen molar-refractivity contribution in [3.05, 3.63) is 89.7 Å². The number of fused-ring (bicyclic) bond motifs is 1. The fourth-order valence-electron chi connectivity index (χ4n) is 3.23. The van der Waals surface area contributed by atoms with Crippen LogP contribution in [0, 0.1) is 6.92 Å². The summed E-state index contributed by atoms with van der Waals surface area (Å²) in [5.74, 6) is -0.0834. The lowest BCUT2D eigenvalue weighted by Gasteiger charge is -2.12. The maximum absolute atomic E-state index is 11.8. The van der Waals surface area contributed by atoms with Gasteiger partial charge < -0.3 is 10.6 Å². The summed E-state index contributed by atoms with van der Waals surface area (Å²) < 4.78 is 2.09. The van der Waals surface area contributed by atoms with Crippen LogP contribution in [0.1, 0.15) is 21.5 Å². The molecule has 0 radical (unpaired) electrons. The van der Waals surface area contributed by atoms with Gasteiger partial charge in [0, 0.05) is 30.5 Å². The Morgan fingerprint density at radius 2 is 1.82 bits per heavy atom. The zero-order valence-corrected chi connectivity index (χ0v) is 15.9. The van der Waals surface area contributed by atoms with Crippen molar-refractivity contribution in [1.29, 1.82) is 0 Å². The number of para-hydroxylation sites is 2. The highest BCUT2D eigenvalue weighted by molar-refractivity contribution is 5.95. The number of hydrogen-bond donors (Lipinski definition) is 2. The van der Waals surface area contributed by atoms with Crippen molar-refractivity contribution in [3.63, 3.8) is 0 Å². The third kappa shape index (κ3) is 3.47. The smallest absolute Gasteiger partial charge is 0.251 e. The number of imidazole rings is 1. The summed E-state index contributed by atoms with van der Waals surface area (Å²) in [7, 11) is 1.64. The van der Waals surface area contributed by atoms with Crippen molar-refractivity contribution >= 4 is 22.6 Å². The van der Waals surface area contributed by atoms with E-state index < -0.39 is 0 Å². The van der Waals surface area contributed by atoms with E-state index in [0.717, 1.165) is 33.5 Å². The zero-order chi connectivity index (χ0) is 19.5. The first kappa shape index (κ1) is 17.8. The second kappa shape index (κ2) is 7.56. The van der Waals surface area contributed by atoms with Crippen LogP contribution in [0.15, 0.2) is 73.1 Å². The van der Waals surface area contributed by atoms with E-state index in [1.807, 2.05) is 49.6 Å². The number of amides is 1. The molecule has 0 saturated carbocycles. The van der Waals surface area contributed by atoms with Gasteiger partial charge in [-0.3, -0.25) is 9.36 Å². The summed E-state index contributed by atoms with van der Waals surface area (Å²) in [4.78, 5) is 16.3. The molecular weight excluding hydrogens is 348 g/mol. The Morgan fingerprint density at radius 3 is 2.61 bits per heavy atom. The van der Waals surface area contributed by atoms with E-state index in [4.69, 9.17) is 0 Å². The van der Waals surface area contributed by atoms with Gasteiger partial charge in [0.25, 0.3) is 5.91 Å². The second-order valence-corrected chi connectivity index (χ2v) is 6.73. The summed E-state index contributed by atoms with van der Waals surface area (Å²) in [5, 5.41) is 6.09. The molecule has 140 valence electrons. The van der Waals surface area contributed by atoms with Gasteiger partial charge in [0.1, 0.15) is 6.33 Å². The standard InChI is InChI=1S/C23H22N4O/c1-16-7-10-18(23(28)24-2)13-21(16)25-14-17-8-11-19(12-9-17)27-15-26-20-5-3-4-6-22(20)27/h3-13,15,25H,14H2,1-2H3,(H,24,28). The van der Waals surface area contributed by atoms with E-state index in [1.165, 1.54) is 0 Å². The van der Waals surface area contributed by atoms with Gasteiger partial charge in [-0.05, 0) is 54.4 Å². The molecule has 4 rings (SSSR count). The van der Waals surface area contributed by atoms with Crippen LogP contribution in [0.3, 0.4) is 0 Å². The Bertz CT molecular complexity index is 1130. The molecule has 0 bridgehead atoms. The predicted molar refractivity (Wildman–Crippen MR) is 113 cm³/mol. The first-order valence-electron chi connectivity index (χ1n) is 9.24. The Labute approximate surface area is 164 Å². The highest BCUT2D eigenvalue weighted by Crippen LogP contribution is 2.20. The van der Waals surface area contributed by atoms with Gasteiger partial charge >= 0.3 is 0 Å². The third-order valence-electron chi connectivity index (χ3n) is 4.88. The molecule has 0 fully saturated rings. The van der Waals surface area contributed by atoms with E-state index >= 15 is 0 Å². The molecule has 4 aromatic rings. The SMILES string of the molecule is CNC(=O)c1ccc(C)c(NCc2ccc(-n3cnc4ccccc43)cc2)c1. The molecule has 0 spiro atoms. The molecule has 0 unspecified atom stereocenters. The minimum atomic E-state index is -0.0834. The van der Waals surface area contributed by atoms with Crippen LogP contribution in [-0.2, 0) is 6.54 Å². The minimum absolute atomic E-state index is 0.0834. The number of nitrogens with zero attached hydrogens (tertiary/aromatic N) is 2. The molecule has 1 amide bonds. The number of aromatic nitrogens is 2. The Hall–Kier alpha value is -3.60. The van der Waals surface area contributed by atoms with Crippen LogP contribution < -0.4 is 10.6 Å². The van der Waals surface area contributed by atoms with Crippen molar-refractivity contribution in [2.24, 2.45) is 0 Å². The molecule has 3 aromatic carbocycles. The van der Waals surface area contributed by atoms with E-state index in [9.17, 15) is 4.79 Å². The highest BCUT2D eigenvalue weighted by atomic mass is 16.1. The molecular formula is C23H22N4O. The maximum Gasteiger partial charge on any atom is 0.251 e. The fraction of sp³-hybridized carbons (Fsp3) is 0.130. The van der Waals surface area contributed by atoms with Crippen LogP contribution in [0.25, 0.3) is 16.7 Å². The number of nitrogens with one attached hydrogen (secondary N) is 2. The number of rotatable bonds is 5. The molecule has 5 nitrogen and oxygen atoms in total. The lowest BCUT2D eigenvalue weighted by molar-refractivity contribution is 0.0963. The van der Waals surface area contributed by atoms with Crippen LogP contribution in [0.5, 0.6) is 0 Å². The van der Waals surface area contributed by atoms with Crippen LogP contribution in [-0.4, -0.2) is 22.5 Å². The first-order chi connectivity index (χ1) is 13.7. The van der Waals surface area contributed by atoms with Crippen LogP contribution in [0.2, 0.25) is 0 Å². The second-order valence-electron chi connectivity index (χ2n) is 6.73. The lowest BCUT2D eigenvalue weighted by Crippen LogP contribution is -2.18. The molecule has 0 saturated heterocycles. The summed E-state index contributed by atoms with van der Waals surface area (Å²) >= 11 is 0. The maximum atomic E-state index is 11.8. The molecule has 5 heteroatoms. The Morgan fingerprint density at radius 1 is 1.04 bits per heavy atom. The molecule has 2 N–H and O–H groups in total. The Balaban J connectivity index is 1.50. The number of benzene rings is 3. The molecule has 1 heterocycles. The highest BCUT2D eigenvalue weighted by Gasteiger charge is 2.07. The normalized spacial score (nSPS) is 10.8. The quantitative estimate of drug-likeness (QED) is 0.550. The van der Waals surface area contributed by atoms with E-state index in [0.29, 0.717) is 12.1 Å². The topological polar surface area (TPSA) is 59.0 Å². The number of anilines is 1. The number of carbonyl (C=O) groups excluding carboxylic acids is 1. The molecule has 1 aromatic heterocycles. The fourth-order valence-corrected chi connectivity index (χ4v) is 3.23. The van der Waals surface area contributed by atoms with Gasteiger partial charge in [-0.25, -0.2) is 4.98 Å². The predicted octanol–water partition coefficient (Wildman–Crippen LogP) is 4.31. The molecule has 0 aliphatic carbocycles. The first-order valence-corrected chi connectivity index (χ1v) is 9.24. The van der Waals surface area contributed by atoms with Gasteiger partial charge in [-0.15, -0.1) is 0 Å². The van der Waals surface area contributed by atoms with E-state index in [-0.39, 0.29) is 5.91 Å². The molecule has 0 aliphatic rings. The number of aryl methyl sites for hydroxylation is 1.